The lowest BCUT2D eigenvalue weighted by Gasteiger charge is -2.32. The fourth-order valence-electron chi connectivity index (χ4n) is 2.83. The molecule has 0 radical (unpaired) electrons. The number of rotatable bonds is 8. The molecule has 0 spiro atoms. The Kier molecular flexibility index (Phi) is 7.08. The number of ether oxygens (including phenoxy) is 1. The molecular weight excluding hydrogens is 361 g/mol. The van der Waals surface area contributed by atoms with Crippen LogP contribution < -0.4 is 15.4 Å². The van der Waals surface area contributed by atoms with Gasteiger partial charge in [-0.25, -0.2) is 0 Å². The minimum atomic E-state index is 0.0684. The number of hydrogen-bond donors (Lipinski definition) is 1. The molecule has 6 nitrogen and oxygen atoms in total. The number of anilines is 3. The maximum atomic E-state index is 6.33. The normalized spacial score (nSPS) is 11.0. The lowest BCUT2D eigenvalue weighted by Crippen LogP contribution is -2.33. The van der Waals surface area contributed by atoms with E-state index in [9.17, 15) is 0 Å². The van der Waals surface area contributed by atoms with Crippen molar-refractivity contribution in [1.29, 1.82) is 0 Å². The van der Waals surface area contributed by atoms with E-state index in [1.165, 1.54) is 0 Å². The van der Waals surface area contributed by atoms with E-state index < -0.39 is 0 Å². The first-order valence-electron chi connectivity index (χ1n) is 8.29. The monoisotopic (exact) mass is 383 g/mol. The number of nitrogens with two attached hydrogens (primary N) is 1. The highest BCUT2D eigenvalue weighted by molar-refractivity contribution is 6.32. The van der Waals surface area contributed by atoms with Gasteiger partial charge in [0.2, 0.25) is 17.2 Å². The molecule has 0 bridgehead atoms. The van der Waals surface area contributed by atoms with Crippen molar-refractivity contribution in [3.05, 3.63) is 28.5 Å². The Morgan fingerprint density at radius 3 is 2.32 bits per heavy atom. The van der Waals surface area contributed by atoms with E-state index >= 15 is 0 Å². The molecule has 1 aromatic heterocycles. The van der Waals surface area contributed by atoms with Gasteiger partial charge in [-0.1, -0.05) is 38.3 Å². The van der Waals surface area contributed by atoms with Gasteiger partial charge in [-0.3, -0.25) is 0 Å². The predicted molar refractivity (Wildman–Crippen MR) is 103 cm³/mol. The molecule has 25 heavy (non-hydrogen) atoms. The van der Waals surface area contributed by atoms with Crippen LogP contribution in [0.4, 0.5) is 17.6 Å². The van der Waals surface area contributed by atoms with Crippen LogP contribution in [-0.4, -0.2) is 28.1 Å². The molecule has 0 fully saturated rings. The Labute approximate surface area is 158 Å². The molecule has 0 saturated carbocycles. The molecule has 2 aromatic rings. The molecule has 2 N–H and O–H groups in total. The van der Waals surface area contributed by atoms with E-state index in [1.807, 2.05) is 23.1 Å². The zero-order valence-electron chi connectivity index (χ0n) is 14.7. The van der Waals surface area contributed by atoms with Gasteiger partial charge >= 0.3 is 0 Å². The number of halogens is 2. The summed E-state index contributed by atoms with van der Waals surface area (Å²) in [6.07, 6.45) is 4.00. The summed E-state index contributed by atoms with van der Waals surface area (Å²) in [7, 11) is 1.59. The Hall–Kier alpha value is -1.79. The van der Waals surface area contributed by atoms with Crippen molar-refractivity contribution in [2.24, 2.45) is 0 Å². The molecule has 0 unspecified atom stereocenters. The number of nitrogens with zero attached hydrogens (tertiary/aromatic N) is 4. The van der Waals surface area contributed by atoms with Crippen molar-refractivity contribution in [2.45, 2.75) is 45.6 Å². The van der Waals surface area contributed by atoms with Crippen LogP contribution in [0.25, 0.3) is 0 Å². The van der Waals surface area contributed by atoms with Gasteiger partial charge in [-0.05, 0) is 42.6 Å². The number of benzene rings is 1. The van der Waals surface area contributed by atoms with E-state index in [0.717, 1.165) is 31.4 Å². The number of hydrogen-bond acceptors (Lipinski definition) is 6. The van der Waals surface area contributed by atoms with Gasteiger partial charge in [-0.15, -0.1) is 0 Å². The lowest BCUT2D eigenvalue weighted by molar-refractivity contribution is 0.415. The average Bonchev–Trinajstić information content (AvgIpc) is 2.55. The molecule has 0 saturated heterocycles. The summed E-state index contributed by atoms with van der Waals surface area (Å²) >= 11 is 12.3. The highest BCUT2D eigenvalue weighted by Gasteiger charge is 2.24. The minimum absolute atomic E-state index is 0.0684. The summed E-state index contributed by atoms with van der Waals surface area (Å²) in [5.74, 6) is 1.12. The lowest BCUT2D eigenvalue weighted by atomic mass is 10.0. The smallest absolute Gasteiger partial charge is 0.236 e. The largest absolute Gasteiger partial charge is 0.495 e. The molecule has 0 atom stereocenters. The number of methoxy groups -OCH3 is 1. The van der Waals surface area contributed by atoms with Gasteiger partial charge in [0.1, 0.15) is 5.75 Å². The molecule has 0 aliphatic heterocycles. The van der Waals surface area contributed by atoms with Gasteiger partial charge in [0.05, 0.1) is 12.1 Å². The zero-order chi connectivity index (χ0) is 18.4. The molecule has 0 aliphatic rings. The van der Waals surface area contributed by atoms with Gasteiger partial charge < -0.3 is 15.4 Å². The summed E-state index contributed by atoms with van der Waals surface area (Å²) < 4.78 is 5.25. The van der Waals surface area contributed by atoms with Crippen LogP contribution in [-0.2, 0) is 0 Å². The van der Waals surface area contributed by atoms with Crippen molar-refractivity contribution in [3.63, 3.8) is 0 Å². The van der Waals surface area contributed by atoms with E-state index in [1.54, 1.807) is 7.11 Å². The first-order valence-corrected chi connectivity index (χ1v) is 9.05. The van der Waals surface area contributed by atoms with Crippen molar-refractivity contribution in [2.75, 3.05) is 17.7 Å². The Morgan fingerprint density at radius 2 is 1.80 bits per heavy atom. The standard InChI is InChI=1S/C17H23Cl2N5O/c1-4-6-11(7-5-2)24(17-22-15(19)21-16(20)23-17)12-8-9-14(25-3)13(18)10-12/h8-11H,4-7H2,1-3H3,(H2,20,21,22,23). The van der Waals surface area contributed by atoms with Crippen LogP contribution in [0.2, 0.25) is 10.3 Å². The maximum absolute atomic E-state index is 6.33. The quantitative estimate of drug-likeness (QED) is 0.699. The summed E-state index contributed by atoms with van der Waals surface area (Å²) in [5, 5.41) is 0.587. The minimum Gasteiger partial charge on any atom is -0.495 e. The second kappa shape index (κ2) is 9.06. The third-order valence-electron chi connectivity index (χ3n) is 3.85. The summed E-state index contributed by atoms with van der Waals surface area (Å²) in [4.78, 5) is 14.5. The van der Waals surface area contributed by atoms with Gasteiger partial charge in [0.25, 0.3) is 0 Å². The molecule has 0 aliphatic carbocycles. The third kappa shape index (κ3) is 4.86. The summed E-state index contributed by atoms with van der Waals surface area (Å²) in [5.41, 5.74) is 6.64. The third-order valence-corrected chi connectivity index (χ3v) is 4.32. The predicted octanol–water partition coefficient (Wildman–Crippen LogP) is 4.88. The molecule has 0 amide bonds. The number of aromatic nitrogens is 3. The van der Waals surface area contributed by atoms with Crippen LogP contribution >= 0.6 is 23.2 Å². The van der Waals surface area contributed by atoms with Gasteiger partial charge in [-0.2, -0.15) is 15.0 Å². The fourth-order valence-corrected chi connectivity index (χ4v) is 3.24. The molecule has 2 rings (SSSR count). The fraction of sp³-hybridized carbons (Fsp3) is 0.471. The van der Waals surface area contributed by atoms with E-state index in [0.29, 0.717) is 16.7 Å². The van der Waals surface area contributed by atoms with Crippen LogP contribution in [0.5, 0.6) is 5.75 Å². The zero-order valence-corrected chi connectivity index (χ0v) is 16.2. The van der Waals surface area contributed by atoms with E-state index in [4.69, 9.17) is 33.7 Å². The Balaban J connectivity index is 2.56. The van der Waals surface area contributed by atoms with Crippen molar-refractivity contribution >= 4 is 40.8 Å². The SMILES string of the molecule is CCCC(CCC)N(c1ccc(OC)c(Cl)c1)c1nc(N)nc(Cl)n1. The highest BCUT2D eigenvalue weighted by Crippen LogP contribution is 2.35. The van der Waals surface area contributed by atoms with Crippen molar-refractivity contribution in [1.82, 2.24) is 15.0 Å². The molecule has 136 valence electrons. The first-order chi connectivity index (χ1) is 12.0. The average molecular weight is 384 g/mol. The second-order valence-corrected chi connectivity index (χ2v) is 6.43. The summed E-state index contributed by atoms with van der Waals surface area (Å²) in [6.45, 7) is 4.30. The van der Waals surface area contributed by atoms with E-state index in [2.05, 4.69) is 28.8 Å². The highest BCUT2D eigenvalue weighted by atomic mass is 35.5. The van der Waals surface area contributed by atoms with E-state index in [-0.39, 0.29) is 17.3 Å². The second-order valence-electron chi connectivity index (χ2n) is 5.68. The molecule has 8 heteroatoms. The molecular formula is C17H23Cl2N5O. The van der Waals surface area contributed by atoms with Crippen LogP contribution in [0.15, 0.2) is 18.2 Å². The maximum Gasteiger partial charge on any atom is 0.236 e. The van der Waals surface area contributed by atoms with Crippen molar-refractivity contribution < 1.29 is 4.74 Å². The topological polar surface area (TPSA) is 77.2 Å². The molecule has 1 aromatic carbocycles. The van der Waals surface area contributed by atoms with Crippen LogP contribution in [0.1, 0.15) is 39.5 Å². The summed E-state index contributed by atoms with van der Waals surface area (Å²) in [6, 6.07) is 5.78. The molecule has 1 heterocycles. The van der Waals surface area contributed by atoms with Gasteiger partial charge in [0, 0.05) is 11.7 Å². The Morgan fingerprint density at radius 1 is 1.12 bits per heavy atom. The Bertz CT molecular complexity index is 687. The van der Waals surface area contributed by atoms with Crippen LogP contribution in [0, 0.1) is 0 Å². The number of nitrogen functional groups attached to an aromatic ring is 1. The van der Waals surface area contributed by atoms with Crippen LogP contribution in [0.3, 0.4) is 0 Å². The van der Waals surface area contributed by atoms with Gasteiger partial charge in [0.15, 0.2) is 0 Å². The van der Waals surface area contributed by atoms with Crippen molar-refractivity contribution in [3.8, 4) is 5.75 Å². The first kappa shape index (κ1) is 19.5.